The Morgan fingerprint density at radius 1 is 1.00 bits per heavy atom. The predicted octanol–water partition coefficient (Wildman–Crippen LogP) is 4.44. The lowest BCUT2D eigenvalue weighted by Crippen LogP contribution is -2.12. The first-order valence-electron chi connectivity index (χ1n) is 9.46. The van der Waals surface area contributed by atoms with E-state index in [1.807, 2.05) is 23.6 Å². The molecule has 0 aliphatic carbocycles. The Bertz CT molecular complexity index is 1070. The van der Waals surface area contributed by atoms with Gasteiger partial charge in [0.15, 0.2) is 16.6 Å². The van der Waals surface area contributed by atoms with Crippen molar-refractivity contribution in [2.75, 3.05) is 32.0 Å². The SMILES string of the molecule is CCC(=O)Nc1nc(-c2cccc(NC(=O)c3cc(OC)c(OC)c(OC)c3)c2)cs1. The molecule has 8 nitrogen and oxygen atoms in total. The standard InChI is InChI=1S/C22H23N3O5S/c1-5-19(26)25-22-24-16(12-31-22)13-7-6-8-15(9-13)23-21(27)14-10-17(28-2)20(30-4)18(11-14)29-3/h6-12H,5H2,1-4H3,(H,23,27)(H,24,25,26). The number of methoxy groups -OCH3 is 3. The summed E-state index contributed by atoms with van der Waals surface area (Å²) in [4.78, 5) is 28.8. The van der Waals surface area contributed by atoms with Gasteiger partial charge in [-0.1, -0.05) is 19.1 Å². The average Bonchev–Trinajstić information content (AvgIpc) is 3.26. The number of carbonyl (C=O) groups is 2. The molecule has 0 unspecified atom stereocenters. The third kappa shape index (κ3) is 5.13. The van der Waals surface area contributed by atoms with Crippen LogP contribution in [0.4, 0.5) is 10.8 Å². The molecule has 0 spiro atoms. The van der Waals surface area contributed by atoms with Crippen LogP contribution < -0.4 is 24.8 Å². The van der Waals surface area contributed by atoms with Gasteiger partial charge in [-0.15, -0.1) is 11.3 Å². The fourth-order valence-electron chi connectivity index (χ4n) is 2.84. The second kappa shape index (κ2) is 9.94. The molecule has 0 aliphatic rings. The molecule has 1 heterocycles. The van der Waals surface area contributed by atoms with Crippen molar-refractivity contribution >= 4 is 34.0 Å². The molecule has 2 N–H and O–H groups in total. The van der Waals surface area contributed by atoms with Crippen LogP contribution in [0.2, 0.25) is 0 Å². The van der Waals surface area contributed by atoms with E-state index in [1.54, 1.807) is 25.1 Å². The van der Waals surface area contributed by atoms with Crippen LogP contribution >= 0.6 is 11.3 Å². The highest BCUT2D eigenvalue weighted by molar-refractivity contribution is 7.14. The second-order valence-corrected chi connectivity index (χ2v) is 7.25. The molecule has 0 atom stereocenters. The van der Waals surface area contributed by atoms with Crippen molar-refractivity contribution in [2.45, 2.75) is 13.3 Å². The van der Waals surface area contributed by atoms with Crippen molar-refractivity contribution in [3.05, 3.63) is 47.3 Å². The summed E-state index contributed by atoms with van der Waals surface area (Å²) in [5.74, 6) is 0.783. The summed E-state index contributed by atoms with van der Waals surface area (Å²) in [7, 11) is 4.49. The lowest BCUT2D eigenvalue weighted by molar-refractivity contribution is -0.115. The van der Waals surface area contributed by atoms with Gasteiger partial charge in [0.1, 0.15) is 0 Å². The molecule has 162 valence electrons. The van der Waals surface area contributed by atoms with E-state index < -0.39 is 0 Å². The minimum atomic E-state index is -0.328. The van der Waals surface area contributed by atoms with Crippen LogP contribution in [0.5, 0.6) is 17.2 Å². The summed E-state index contributed by atoms with van der Waals surface area (Å²) in [6.45, 7) is 1.78. The molecule has 0 saturated heterocycles. The monoisotopic (exact) mass is 441 g/mol. The number of nitrogens with one attached hydrogen (secondary N) is 2. The Kier molecular flexibility index (Phi) is 7.09. The Morgan fingerprint density at radius 2 is 1.71 bits per heavy atom. The van der Waals surface area contributed by atoms with Crippen molar-refractivity contribution in [3.8, 4) is 28.5 Å². The van der Waals surface area contributed by atoms with Crippen LogP contribution in [-0.2, 0) is 4.79 Å². The quantitative estimate of drug-likeness (QED) is 0.536. The summed E-state index contributed by atoms with van der Waals surface area (Å²) in [5, 5.41) is 8.01. The fourth-order valence-corrected chi connectivity index (χ4v) is 3.58. The molecule has 2 aromatic carbocycles. The fraction of sp³-hybridized carbons (Fsp3) is 0.227. The molecule has 31 heavy (non-hydrogen) atoms. The van der Waals surface area contributed by atoms with E-state index >= 15 is 0 Å². The summed E-state index contributed by atoms with van der Waals surface area (Å²) in [6.07, 6.45) is 0.386. The Balaban J connectivity index is 1.81. The van der Waals surface area contributed by atoms with Crippen LogP contribution in [0.1, 0.15) is 23.7 Å². The van der Waals surface area contributed by atoms with Crippen LogP contribution in [0.25, 0.3) is 11.3 Å². The maximum atomic E-state index is 12.8. The predicted molar refractivity (Wildman–Crippen MR) is 121 cm³/mol. The largest absolute Gasteiger partial charge is 0.493 e. The normalized spacial score (nSPS) is 10.3. The van der Waals surface area contributed by atoms with Gasteiger partial charge in [0.05, 0.1) is 27.0 Å². The first-order valence-corrected chi connectivity index (χ1v) is 10.3. The zero-order valence-corrected chi connectivity index (χ0v) is 18.5. The van der Waals surface area contributed by atoms with Crippen LogP contribution in [0.3, 0.4) is 0 Å². The average molecular weight is 442 g/mol. The first-order chi connectivity index (χ1) is 15.0. The first kappa shape index (κ1) is 22.1. The van der Waals surface area contributed by atoms with Crippen molar-refractivity contribution in [3.63, 3.8) is 0 Å². The molecular formula is C22H23N3O5S. The number of nitrogens with zero attached hydrogens (tertiary/aromatic N) is 1. The molecule has 3 rings (SSSR count). The Labute approximate surface area is 184 Å². The number of anilines is 2. The summed E-state index contributed by atoms with van der Waals surface area (Å²) in [6, 6.07) is 10.5. The molecule has 0 bridgehead atoms. The van der Waals surface area contributed by atoms with Gasteiger partial charge in [0, 0.05) is 28.6 Å². The van der Waals surface area contributed by atoms with E-state index in [4.69, 9.17) is 14.2 Å². The molecule has 2 amide bonds. The minimum absolute atomic E-state index is 0.0905. The summed E-state index contributed by atoms with van der Waals surface area (Å²) in [5.41, 5.74) is 2.48. The number of hydrogen-bond acceptors (Lipinski definition) is 7. The van der Waals surface area contributed by atoms with Crippen molar-refractivity contribution in [1.29, 1.82) is 0 Å². The molecule has 0 saturated carbocycles. The van der Waals surface area contributed by atoms with E-state index in [0.717, 1.165) is 5.56 Å². The van der Waals surface area contributed by atoms with E-state index in [9.17, 15) is 9.59 Å². The minimum Gasteiger partial charge on any atom is -0.493 e. The van der Waals surface area contributed by atoms with Crippen molar-refractivity contribution < 1.29 is 23.8 Å². The van der Waals surface area contributed by atoms with Crippen LogP contribution in [0, 0.1) is 0 Å². The molecular weight excluding hydrogens is 418 g/mol. The lowest BCUT2D eigenvalue weighted by Gasteiger charge is -2.14. The number of ether oxygens (including phenoxy) is 3. The van der Waals surface area contributed by atoms with E-state index in [2.05, 4.69) is 15.6 Å². The molecule has 1 aromatic heterocycles. The zero-order chi connectivity index (χ0) is 22.4. The van der Waals surface area contributed by atoms with Gasteiger partial charge in [-0.05, 0) is 24.3 Å². The maximum absolute atomic E-state index is 12.8. The highest BCUT2D eigenvalue weighted by atomic mass is 32.1. The molecule has 9 heteroatoms. The molecule has 0 aliphatic heterocycles. The highest BCUT2D eigenvalue weighted by Gasteiger charge is 2.17. The van der Waals surface area contributed by atoms with Gasteiger partial charge >= 0.3 is 0 Å². The third-order valence-electron chi connectivity index (χ3n) is 4.41. The number of thiazole rings is 1. The summed E-state index contributed by atoms with van der Waals surface area (Å²) >= 11 is 1.35. The third-order valence-corrected chi connectivity index (χ3v) is 5.17. The highest BCUT2D eigenvalue weighted by Crippen LogP contribution is 2.38. The number of amides is 2. The van der Waals surface area contributed by atoms with E-state index in [-0.39, 0.29) is 11.8 Å². The maximum Gasteiger partial charge on any atom is 0.255 e. The van der Waals surface area contributed by atoms with E-state index in [0.29, 0.717) is 45.7 Å². The van der Waals surface area contributed by atoms with E-state index in [1.165, 1.54) is 32.7 Å². The zero-order valence-electron chi connectivity index (χ0n) is 17.6. The second-order valence-electron chi connectivity index (χ2n) is 6.39. The number of carbonyl (C=O) groups excluding carboxylic acids is 2. The van der Waals surface area contributed by atoms with Crippen molar-refractivity contribution in [1.82, 2.24) is 4.98 Å². The van der Waals surface area contributed by atoms with Gasteiger partial charge in [-0.2, -0.15) is 0 Å². The number of hydrogen-bond donors (Lipinski definition) is 2. The van der Waals surface area contributed by atoms with Gasteiger partial charge in [-0.25, -0.2) is 4.98 Å². The molecule has 3 aromatic rings. The summed E-state index contributed by atoms with van der Waals surface area (Å²) < 4.78 is 15.9. The van der Waals surface area contributed by atoms with Crippen molar-refractivity contribution in [2.24, 2.45) is 0 Å². The van der Waals surface area contributed by atoms with Gasteiger partial charge in [0.2, 0.25) is 11.7 Å². The molecule has 0 radical (unpaired) electrons. The van der Waals surface area contributed by atoms with Gasteiger partial charge in [0.25, 0.3) is 5.91 Å². The Morgan fingerprint density at radius 3 is 2.32 bits per heavy atom. The number of benzene rings is 2. The van der Waals surface area contributed by atoms with Gasteiger partial charge < -0.3 is 24.8 Å². The molecule has 0 fully saturated rings. The number of rotatable bonds is 8. The topological polar surface area (TPSA) is 98.8 Å². The smallest absolute Gasteiger partial charge is 0.255 e. The number of aromatic nitrogens is 1. The Hall–Kier alpha value is -3.59. The van der Waals surface area contributed by atoms with Crippen LogP contribution in [0.15, 0.2) is 41.8 Å². The lowest BCUT2D eigenvalue weighted by atomic mass is 10.1. The van der Waals surface area contributed by atoms with Gasteiger partial charge in [-0.3, -0.25) is 9.59 Å². The van der Waals surface area contributed by atoms with Crippen LogP contribution in [-0.4, -0.2) is 38.1 Å².